The van der Waals surface area contributed by atoms with Gasteiger partial charge in [0.15, 0.2) is 0 Å². The van der Waals surface area contributed by atoms with Gasteiger partial charge in [-0.3, -0.25) is 4.90 Å². The second kappa shape index (κ2) is 9.13. The molecule has 1 rings (SSSR count). The quantitative estimate of drug-likeness (QED) is 0.759. The van der Waals surface area contributed by atoms with Crippen LogP contribution in [0.1, 0.15) is 43.9 Å². The van der Waals surface area contributed by atoms with Crippen LogP contribution in [0, 0.1) is 12.7 Å². The van der Waals surface area contributed by atoms with Crippen molar-refractivity contribution in [2.75, 3.05) is 26.8 Å². The third-order valence-corrected chi connectivity index (χ3v) is 4.07. The van der Waals surface area contributed by atoms with E-state index in [-0.39, 0.29) is 5.82 Å². The third-order valence-electron chi connectivity index (χ3n) is 4.07. The predicted molar refractivity (Wildman–Crippen MR) is 83.9 cm³/mol. The fourth-order valence-corrected chi connectivity index (χ4v) is 2.29. The molecule has 1 aromatic carbocycles. The smallest absolute Gasteiger partial charge is 0.126 e. The molecule has 0 radical (unpaired) electrons. The molecule has 0 aliphatic heterocycles. The predicted octanol–water partition coefficient (Wildman–Crippen LogP) is 3.30. The van der Waals surface area contributed by atoms with Crippen molar-refractivity contribution < 1.29 is 14.2 Å². The lowest BCUT2D eigenvalue weighted by molar-refractivity contribution is 0.0965. The van der Waals surface area contributed by atoms with Crippen molar-refractivity contribution in [2.24, 2.45) is 0 Å². The van der Waals surface area contributed by atoms with E-state index in [4.69, 9.17) is 4.74 Å². The molecule has 3 nitrogen and oxygen atoms in total. The standard InChI is InChI=1S/C17H28FNO2/c1-5-14(3)19(10-11-21-4)9-8-17(20)15-7-6-13(2)16(18)12-15/h6-7,12,14,17,20H,5,8-11H2,1-4H3. The normalized spacial score (nSPS) is 14.4. The Morgan fingerprint density at radius 1 is 1.33 bits per heavy atom. The van der Waals surface area contributed by atoms with E-state index in [1.165, 1.54) is 6.07 Å². The Morgan fingerprint density at radius 3 is 2.62 bits per heavy atom. The van der Waals surface area contributed by atoms with Gasteiger partial charge in [0, 0.05) is 26.2 Å². The summed E-state index contributed by atoms with van der Waals surface area (Å²) in [7, 11) is 1.69. The number of halogens is 1. The Hall–Kier alpha value is -0.970. The van der Waals surface area contributed by atoms with Gasteiger partial charge in [-0.25, -0.2) is 4.39 Å². The van der Waals surface area contributed by atoms with Crippen molar-refractivity contribution in [1.29, 1.82) is 0 Å². The topological polar surface area (TPSA) is 32.7 Å². The SMILES string of the molecule is CCC(C)N(CCOC)CCC(O)c1ccc(C)c(F)c1. The average Bonchev–Trinajstić information content (AvgIpc) is 2.49. The maximum Gasteiger partial charge on any atom is 0.126 e. The lowest BCUT2D eigenvalue weighted by atomic mass is 10.0. The summed E-state index contributed by atoms with van der Waals surface area (Å²) in [5.74, 6) is -0.260. The van der Waals surface area contributed by atoms with E-state index in [0.717, 1.165) is 19.5 Å². The molecule has 0 spiro atoms. The van der Waals surface area contributed by atoms with E-state index in [9.17, 15) is 9.50 Å². The number of hydrogen-bond acceptors (Lipinski definition) is 3. The van der Waals surface area contributed by atoms with Gasteiger partial charge in [-0.15, -0.1) is 0 Å². The molecule has 0 saturated carbocycles. The number of aliphatic hydroxyl groups is 1. The van der Waals surface area contributed by atoms with Gasteiger partial charge in [-0.2, -0.15) is 0 Å². The van der Waals surface area contributed by atoms with Crippen molar-refractivity contribution in [3.8, 4) is 0 Å². The molecule has 0 fully saturated rings. The number of aryl methyl sites for hydroxylation is 1. The molecule has 0 aliphatic rings. The highest BCUT2D eigenvalue weighted by Crippen LogP contribution is 2.20. The number of rotatable bonds is 9. The monoisotopic (exact) mass is 297 g/mol. The van der Waals surface area contributed by atoms with Crippen LogP contribution in [0.25, 0.3) is 0 Å². The average molecular weight is 297 g/mol. The van der Waals surface area contributed by atoms with Crippen LogP contribution in [0.4, 0.5) is 4.39 Å². The van der Waals surface area contributed by atoms with Crippen molar-refractivity contribution >= 4 is 0 Å². The first-order valence-electron chi connectivity index (χ1n) is 7.66. The molecule has 1 aromatic rings. The maximum absolute atomic E-state index is 13.5. The van der Waals surface area contributed by atoms with Crippen LogP contribution in [0.15, 0.2) is 18.2 Å². The van der Waals surface area contributed by atoms with Gasteiger partial charge in [0.05, 0.1) is 12.7 Å². The number of hydrogen-bond donors (Lipinski definition) is 1. The maximum atomic E-state index is 13.5. The molecule has 120 valence electrons. The second-order valence-electron chi connectivity index (χ2n) is 5.60. The molecule has 4 heteroatoms. The second-order valence-corrected chi connectivity index (χ2v) is 5.60. The molecule has 0 aliphatic carbocycles. The number of nitrogens with zero attached hydrogens (tertiary/aromatic N) is 1. The van der Waals surface area contributed by atoms with Gasteiger partial charge in [-0.05, 0) is 43.9 Å². The van der Waals surface area contributed by atoms with Crippen LogP contribution in [-0.2, 0) is 4.74 Å². The Balaban J connectivity index is 2.59. The summed E-state index contributed by atoms with van der Waals surface area (Å²) in [4.78, 5) is 2.30. The Bertz CT molecular complexity index is 425. The summed E-state index contributed by atoms with van der Waals surface area (Å²) in [6, 6.07) is 5.39. The lowest BCUT2D eigenvalue weighted by Crippen LogP contribution is -2.36. The summed E-state index contributed by atoms with van der Waals surface area (Å²) < 4.78 is 18.7. The molecular formula is C17H28FNO2. The van der Waals surface area contributed by atoms with Crippen LogP contribution < -0.4 is 0 Å². The number of methoxy groups -OCH3 is 1. The number of benzene rings is 1. The first-order chi connectivity index (χ1) is 9.99. The Labute approximate surface area is 127 Å². The summed E-state index contributed by atoms with van der Waals surface area (Å²) in [5, 5.41) is 10.2. The first-order valence-corrected chi connectivity index (χ1v) is 7.66. The summed E-state index contributed by atoms with van der Waals surface area (Å²) in [5.41, 5.74) is 1.25. The van der Waals surface area contributed by atoms with E-state index in [1.54, 1.807) is 26.2 Å². The minimum atomic E-state index is -0.630. The van der Waals surface area contributed by atoms with Crippen molar-refractivity contribution in [3.05, 3.63) is 35.1 Å². The minimum Gasteiger partial charge on any atom is -0.388 e. The van der Waals surface area contributed by atoms with Crippen molar-refractivity contribution in [3.63, 3.8) is 0 Å². The van der Waals surface area contributed by atoms with Gasteiger partial charge in [-0.1, -0.05) is 19.1 Å². The lowest BCUT2D eigenvalue weighted by Gasteiger charge is -2.29. The molecular weight excluding hydrogens is 269 g/mol. The summed E-state index contributed by atoms with van der Waals surface area (Å²) >= 11 is 0. The van der Waals surface area contributed by atoms with E-state index >= 15 is 0 Å². The largest absolute Gasteiger partial charge is 0.388 e. The fourth-order valence-electron chi connectivity index (χ4n) is 2.29. The highest BCUT2D eigenvalue weighted by atomic mass is 19.1. The molecule has 1 N–H and O–H groups in total. The van der Waals surface area contributed by atoms with Crippen LogP contribution in [0.3, 0.4) is 0 Å². The number of aliphatic hydroxyl groups excluding tert-OH is 1. The zero-order valence-electron chi connectivity index (χ0n) is 13.6. The number of ether oxygens (including phenoxy) is 1. The molecule has 2 atom stereocenters. The zero-order valence-corrected chi connectivity index (χ0v) is 13.6. The van der Waals surface area contributed by atoms with E-state index < -0.39 is 6.10 Å². The molecule has 2 unspecified atom stereocenters. The molecule has 21 heavy (non-hydrogen) atoms. The first kappa shape index (κ1) is 18.1. The van der Waals surface area contributed by atoms with E-state index in [1.807, 2.05) is 0 Å². The third kappa shape index (κ3) is 5.73. The summed E-state index contributed by atoms with van der Waals surface area (Å²) in [6.07, 6.45) is 1.02. The van der Waals surface area contributed by atoms with Crippen LogP contribution in [0.2, 0.25) is 0 Å². The van der Waals surface area contributed by atoms with Crippen LogP contribution in [-0.4, -0.2) is 42.9 Å². The molecule has 0 heterocycles. The Morgan fingerprint density at radius 2 is 2.05 bits per heavy atom. The molecule has 0 amide bonds. The van der Waals surface area contributed by atoms with Crippen molar-refractivity contribution in [2.45, 2.75) is 45.8 Å². The van der Waals surface area contributed by atoms with Crippen LogP contribution >= 0.6 is 0 Å². The van der Waals surface area contributed by atoms with Crippen LogP contribution in [0.5, 0.6) is 0 Å². The van der Waals surface area contributed by atoms with Gasteiger partial charge in [0.1, 0.15) is 5.82 Å². The molecule has 0 aromatic heterocycles. The summed E-state index contributed by atoms with van der Waals surface area (Å²) in [6.45, 7) is 8.35. The Kier molecular flexibility index (Phi) is 7.86. The van der Waals surface area contributed by atoms with Gasteiger partial charge in [0.25, 0.3) is 0 Å². The van der Waals surface area contributed by atoms with E-state index in [0.29, 0.717) is 30.2 Å². The molecule has 0 saturated heterocycles. The van der Waals surface area contributed by atoms with Gasteiger partial charge >= 0.3 is 0 Å². The van der Waals surface area contributed by atoms with E-state index in [2.05, 4.69) is 18.7 Å². The fraction of sp³-hybridized carbons (Fsp3) is 0.647. The van der Waals surface area contributed by atoms with Gasteiger partial charge in [0.2, 0.25) is 0 Å². The minimum absolute atomic E-state index is 0.260. The zero-order chi connectivity index (χ0) is 15.8. The highest BCUT2D eigenvalue weighted by molar-refractivity contribution is 5.24. The molecule has 0 bridgehead atoms. The van der Waals surface area contributed by atoms with Crippen molar-refractivity contribution in [1.82, 2.24) is 4.90 Å². The van der Waals surface area contributed by atoms with Gasteiger partial charge < -0.3 is 9.84 Å². The highest BCUT2D eigenvalue weighted by Gasteiger charge is 2.15.